The van der Waals surface area contributed by atoms with Crippen LogP contribution in [0.5, 0.6) is 5.75 Å². The van der Waals surface area contributed by atoms with Crippen LogP contribution in [0.3, 0.4) is 0 Å². The van der Waals surface area contributed by atoms with E-state index in [9.17, 15) is 4.79 Å². The van der Waals surface area contributed by atoms with E-state index in [0.29, 0.717) is 30.4 Å². The molecule has 1 atom stereocenters. The summed E-state index contributed by atoms with van der Waals surface area (Å²) in [6, 6.07) is 7.29. The third kappa shape index (κ3) is 6.94. The number of benzene rings is 1. The summed E-state index contributed by atoms with van der Waals surface area (Å²) in [7, 11) is 4.08. The molecular formula is C18H29NO3. The van der Waals surface area contributed by atoms with E-state index in [1.165, 1.54) is 0 Å². The molecule has 0 aliphatic heterocycles. The lowest BCUT2D eigenvalue weighted by Crippen LogP contribution is -2.24. The normalized spacial score (nSPS) is 12.2. The minimum Gasteiger partial charge on any atom is -0.492 e. The third-order valence-corrected chi connectivity index (χ3v) is 3.29. The molecule has 0 N–H and O–H groups in total. The van der Waals surface area contributed by atoms with Crippen LogP contribution in [0.1, 0.15) is 43.5 Å². The Hall–Kier alpha value is -1.55. The van der Waals surface area contributed by atoms with Crippen LogP contribution in [0.25, 0.3) is 0 Å². The molecule has 22 heavy (non-hydrogen) atoms. The molecule has 1 rings (SSSR count). The fourth-order valence-electron chi connectivity index (χ4n) is 2.26. The Kier molecular flexibility index (Phi) is 8.60. The highest BCUT2D eigenvalue weighted by Crippen LogP contribution is 2.20. The van der Waals surface area contributed by atoms with Gasteiger partial charge in [0.25, 0.3) is 0 Å². The first-order valence-corrected chi connectivity index (χ1v) is 8.08. The molecule has 0 bridgehead atoms. The van der Waals surface area contributed by atoms with Crippen LogP contribution >= 0.6 is 0 Å². The summed E-state index contributed by atoms with van der Waals surface area (Å²) < 4.78 is 11.1. The number of nitrogens with zero attached hydrogens (tertiary/aromatic N) is 1. The zero-order valence-electron chi connectivity index (χ0n) is 14.3. The van der Waals surface area contributed by atoms with Gasteiger partial charge in [0, 0.05) is 12.5 Å². The van der Waals surface area contributed by atoms with Crippen molar-refractivity contribution < 1.29 is 14.3 Å². The molecule has 0 amide bonds. The van der Waals surface area contributed by atoms with Crippen molar-refractivity contribution in [2.45, 2.75) is 33.1 Å². The van der Waals surface area contributed by atoms with Gasteiger partial charge >= 0.3 is 5.97 Å². The van der Waals surface area contributed by atoms with Crippen molar-refractivity contribution in [2.24, 2.45) is 5.92 Å². The predicted molar refractivity (Wildman–Crippen MR) is 89.5 cm³/mol. The number of carbonyl (C=O) groups is 1. The lowest BCUT2D eigenvalue weighted by molar-refractivity contribution is 0.0492. The first-order chi connectivity index (χ1) is 10.5. The maximum Gasteiger partial charge on any atom is 0.341 e. The second kappa shape index (κ2) is 10.2. The largest absolute Gasteiger partial charge is 0.492 e. The van der Waals surface area contributed by atoms with Crippen LogP contribution in [0.4, 0.5) is 0 Å². The fraction of sp³-hybridized carbons (Fsp3) is 0.611. The third-order valence-electron chi connectivity index (χ3n) is 3.29. The van der Waals surface area contributed by atoms with E-state index in [0.717, 1.165) is 25.8 Å². The van der Waals surface area contributed by atoms with E-state index in [2.05, 4.69) is 18.7 Å². The Morgan fingerprint density at radius 1 is 1.23 bits per heavy atom. The van der Waals surface area contributed by atoms with Gasteiger partial charge in [0.05, 0.1) is 13.2 Å². The molecule has 4 nitrogen and oxygen atoms in total. The smallest absolute Gasteiger partial charge is 0.341 e. The molecule has 0 radical (unpaired) electrons. The van der Waals surface area contributed by atoms with E-state index in [-0.39, 0.29) is 5.97 Å². The van der Waals surface area contributed by atoms with Gasteiger partial charge in [0.2, 0.25) is 0 Å². The maximum absolute atomic E-state index is 12.1. The van der Waals surface area contributed by atoms with Crippen molar-refractivity contribution >= 4 is 5.97 Å². The van der Waals surface area contributed by atoms with Crippen molar-refractivity contribution in [3.63, 3.8) is 0 Å². The average Bonchev–Trinajstić information content (AvgIpc) is 2.49. The molecular weight excluding hydrogens is 278 g/mol. The summed E-state index contributed by atoms with van der Waals surface area (Å²) >= 11 is 0. The fourth-order valence-corrected chi connectivity index (χ4v) is 2.26. The van der Waals surface area contributed by atoms with Crippen LogP contribution in [-0.4, -0.2) is 44.7 Å². The van der Waals surface area contributed by atoms with E-state index >= 15 is 0 Å². The van der Waals surface area contributed by atoms with Crippen molar-refractivity contribution in [3.05, 3.63) is 29.8 Å². The molecule has 0 saturated heterocycles. The van der Waals surface area contributed by atoms with Crippen LogP contribution in [-0.2, 0) is 4.74 Å². The van der Waals surface area contributed by atoms with Gasteiger partial charge in [-0.15, -0.1) is 0 Å². The Labute approximate surface area is 134 Å². The number of hydrogen-bond donors (Lipinski definition) is 0. The van der Waals surface area contributed by atoms with Gasteiger partial charge in [-0.05, 0) is 32.6 Å². The highest BCUT2D eigenvalue weighted by atomic mass is 16.5. The lowest BCUT2D eigenvalue weighted by Gasteiger charge is -2.18. The minimum atomic E-state index is -0.299. The molecule has 0 aliphatic rings. The number of rotatable bonds is 10. The number of ether oxygens (including phenoxy) is 2. The number of unbranched alkanes of at least 4 members (excludes halogenated alkanes) is 2. The highest BCUT2D eigenvalue weighted by molar-refractivity contribution is 5.92. The van der Waals surface area contributed by atoms with Crippen LogP contribution in [0, 0.1) is 5.92 Å². The van der Waals surface area contributed by atoms with Gasteiger partial charge < -0.3 is 14.4 Å². The number of para-hydroxylation sites is 1. The minimum absolute atomic E-state index is 0.299. The Morgan fingerprint density at radius 3 is 2.64 bits per heavy atom. The summed E-state index contributed by atoms with van der Waals surface area (Å²) in [6.07, 6.45) is 3.10. The van der Waals surface area contributed by atoms with E-state index < -0.39 is 0 Å². The van der Waals surface area contributed by atoms with Gasteiger partial charge in [-0.25, -0.2) is 4.79 Å². The molecule has 1 unspecified atom stereocenters. The second-order valence-electron chi connectivity index (χ2n) is 6.02. The zero-order chi connectivity index (χ0) is 16.4. The Balaban J connectivity index is 2.55. The van der Waals surface area contributed by atoms with E-state index in [4.69, 9.17) is 9.47 Å². The quantitative estimate of drug-likeness (QED) is 0.489. The highest BCUT2D eigenvalue weighted by Gasteiger charge is 2.14. The standard InChI is InChI=1S/C18H29NO3/c1-5-6-9-12-21-18(20)16-10-7-8-11-17(16)22-14-15(2)13-19(3)4/h7-8,10-11,15H,5-6,9,12-14H2,1-4H3. The van der Waals surface area contributed by atoms with Gasteiger partial charge in [-0.1, -0.05) is 38.8 Å². The first kappa shape index (κ1) is 18.5. The molecule has 124 valence electrons. The topological polar surface area (TPSA) is 38.8 Å². The first-order valence-electron chi connectivity index (χ1n) is 8.08. The molecule has 4 heteroatoms. The number of esters is 1. The number of hydrogen-bond acceptors (Lipinski definition) is 4. The van der Waals surface area contributed by atoms with Crippen LogP contribution in [0.2, 0.25) is 0 Å². The molecule has 0 heterocycles. The molecule has 0 spiro atoms. The molecule has 0 saturated carbocycles. The second-order valence-corrected chi connectivity index (χ2v) is 6.02. The van der Waals surface area contributed by atoms with Crippen molar-refractivity contribution in [1.82, 2.24) is 4.90 Å². The molecule has 0 aromatic heterocycles. The molecule has 0 fully saturated rings. The van der Waals surface area contributed by atoms with Crippen LogP contribution < -0.4 is 4.74 Å². The maximum atomic E-state index is 12.1. The van der Waals surface area contributed by atoms with Gasteiger partial charge in [0.15, 0.2) is 0 Å². The number of carbonyl (C=O) groups excluding carboxylic acids is 1. The van der Waals surface area contributed by atoms with E-state index in [1.807, 2.05) is 32.3 Å². The summed E-state index contributed by atoms with van der Waals surface area (Å²) in [5.41, 5.74) is 0.510. The summed E-state index contributed by atoms with van der Waals surface area (Å²) in [6.45, 7) is 6.26. The average molecular weight is 307 g/mol. The van der Waals surface area contributed by atoms with Gasteiger partial charge in [-0.3, -0.25) is 0 Å². The van der Waals surface area contributed by atoms with E-state index in [1.54, 1.807) is 6.07 Å². The Bertz CT molecular complexity index is 446. The SMILES string of the molecule is CCCCCOC(=O)c1ccccc1OCC(C)CN(C)C. The summed E-state index contributed by atoms with van der Waals surface area (Å²) in [5.74, 6) is 0.698. The molecule has 0 aliphatic carbocycles. The zero-order valence-corrected chi connectivity index (χ0v) is 14.3. The summed E-state index contributed by atoms with van der Waals surface area (Å²) in [5, 5.41) is 0. The van der Waals surface area contributed by atoms with Crippen molar-refractivity contribution in [3.8, 4) is 5.75 Å². The molecule has 1 aromatic carbocycles. The Morgan fingerprint density at radius 2 is 1.95 bits per heavy atom. The molecule has 1 aromatic rings. The van der Waals surface area contributed by atoms with Crippen LogP contribution in [0.15, 0.2) is 24.3 Å². The monoisotopic (exact) mass is 307 g/mol. The van der Waals surface area contributed by atoms with Gasteiger partial charge in [-0.2, -0.15) is 0 Å². The predicted octanol–water partition coefficient (Wildman–Crippen LogP) is 3.61. The van der Waals surface area contributed by atoms with Crippen molar-refractivity contribution in [2.75, 3.05) is 33.9 Å². The van der Waals surface area contributed by atoms with Gasteiger partial charge in [0.1, 0.15) is 11.3 Å². The van der Waals surface area contributed by atoms with Crippen molar-refractivity contribution in [1.29, 1.82) is 0 Å². The lowest BCUT2D eigenvalue weighted by atomic mass is 10.1. The summed E-state index contributed by atoms with van der Waals surface area (Å²) in [4.78, 5) is 14.3.